The molecule has 0 radical (unpaired) electrons. The fraction of sp³-hybridized carbons (Fsp3) is 0.176. The van der Waals surface area contributed by atoms with Crippen molar-refractivity contribution in [2.24, 2.45) is 5.10 Å². The number of hydrazone groups is 1. The molecule has 0 aliphatic carbocycles. The van der Waals surface area contributed by atoms with Crippen LogP contribution in [-0.2, 0) is 14.8 Å². The van der Waals surface area contributed by atoms with E-state index in [1.165, 1.54) is 24.3 Å². The van der Waals surface area contributed by atoms with Crippen molar-refractivity contribution >= 4 is 33.0 Å². The quantitative estimate of drug-likeness (QED) is 0.441. The topological polar surface area (TPSA) is 122 Å². The number of anilines is 1. The maximum Gasteiger partial charge on any atom is 0.289 e. The second-order valence-corrected chi connectivity index (χ2v) is 7.50. The van der Waals surface area contributed by atoms with Crippen molar-refractivity contribution in [1.29, 1.82) is 0 Å². The van der Waals surface area contributed by atoms with E-state index in [4.69, 9.17) is 0 Å². The number of nitrogens with one attached hydrogen (secondary N) is 1. The molecule has 10 heteroatoms. The summed E-state index contributed by atoms with van der Waals surface area (Å²) in [5.41, 5.74) is 2.46. The Morgan fingerprint density at radius 3 is 2.30 bits per heavy atom. The van der Waals surface area contributed by atoms with Crippen molar-refractivity contribution in [2.75, 3.05) is 10.8 Å². The number of para-hydroxylation sites is 2. The minimum atomic E-state index is -4.38. The summed E-state index contributed by atoms with van der Waals surface area (Å²) in [7, 11) is -4.38. The Kier molecular flexibility index (Phi) is 6.24. The highest BCUT2D eigenvalue weighted by molar-refractivity contribution is 7.93. The second kappa shape index (κ2) is 8.41. The third-order valence-electron chi connectivity index (χ3n) is 3.37. The lowest BCUT2D eigenvalue weighted by Crippen LogP contribution is -2.39. The van der Waals surface area contributed by atoms with Crippen molar-refractivity contribution in [3.05, 3.63) is 64.7 Å². The van der Waals surface area contributed by atoms with Crippen LogP contribution >= 0.6 is 0 Å². The van der Waals surface area contributed by atoms with Gasteiger partial charge in [0.15, 0.2) is 4.90 Å². The number of nitro benzene ring substituents is 1. The maximum absolute atomic E-state index is 13.1. The Labute approximate surface area is 156 Å². The van der Waals surface area contributed by atoms with Gasteiger partial charge in [-0.05, 0) is 32.0 Å². The van der Waals surface area contributed by atoms with Crippen LogP contribution < -0.4 is 9.73 Å². The van der Waals surface area contributed by atoms with E-state index in [1.807, 2.05) is 0 Å². The molecule has 2 aromatic carbocycles. The molecule has 1 N–H and O–H groups in total. The zero-order valence-electron chi connectivity index (χ0n) is 14.7. The van der Waals surface area contributed by atoms with Crippen LogP contribution in [-0.4, -0.2) is 31.5 Å². The summed E-state index contributed by atoms with van der Waals surface area (Å²) in [6.45, 7) is 2.74. The summed E-state index contributed by atoms with van der Waals surface area (Å²) in [5, 5.41) is 15.0. The molecule has 2 aromatic rings. The summed E-state index contributed by atoms with van der Waals surface area (Å²) < 4.78 is 27.1. The molecule has 27 heavy (non-hydrogen) atoms. The van der Waals surface area contributed by atoms with E-state index < -0.39 is 38.0 Å². The molecule has 0 fully saturated rings. The zero-order valence-corrected chi connectivity index (χ0v) is 15.5. The molecule has 0 atom stereocenters. The summed E-state index contributed by atoms with van der Waals surface area (Å²) in [4.78, 5) is 22.1. The average molecular weight is 390 g/mol. The minimum Gasteiger partial charge on any atom is -0.271 e. The normalized spacial score (nSPS) is 10.7. The number of hydrogen-bond acceptors (Lipinski definition) is 6. The molecule has 1 amide bonds. The van der Waals surface area contributed by atoms with Gasteiger partial charge in [0, 0.05) is 11.8 Å². The Balaban J connectivity index is 2.52. The Bertz CT molecular complexity index is 970. The number of nitrogens with zero attached hydrogens (tertiary/aromatic N) is 3. The summed E-state index contributed by atoms with van der Waals surface area (Å²) in [6.07, 6.45) is 0. The highest BCUT2D eigenvalue weighted by atomic mass is 32.2. The molecule has 0 saturated heterocycles. The number of hydrogen-bond donors (Lipinski definition) is 1. The molecule has 0 aromatic heterocycles. The summed E-state index contributed by atoms with van der Waals surface area (Å²) >= 11 is 0. The van der Waals surface area contributed by atoms with Gasteiger partial charge in [-0.3, -0.25) is 19.2 Å². The van der Waals surface area contributed by atoms with E-state index in [0.717, 1.165) is 16.4 Å². The molecule has 2 rings (SSSR count). The predicted molar refractivity (Wildman–Crippen MR) is 101 cm³/mol. The second-order valence-electron chi connectivity index (χ2n) is 5.67. The van der Waals surface area contributed by atoms with Crippen molar-refractivity contribution in [3.8, 4) is 0 Å². The van der Waals surface area contributed by atoms with Gasteiger partial charge < -0.3 is 0 Å². The van der Waals surface area contributed by atoms with E-state index in [-0.39, 0.29) is 5.69 Å². The van der Waals surface area contributed by atoms with Crippen LogP contribution in [0.1, 0.15) is 13.8 Å². The first-order chi connectivity index (χ1) is 12.7. The lowest BCUT2D eigenvalue weighted by molar-refractivity contribution is -0.387. The number of rotatable bonds is 7. The van der Waals surface area contributed by atoms with Crippen LogP contribution in [0.25, 0.3) is 0 Å². The van der Waals surface area contributed by atoms with Gasteiger partial charge in [0.05, 0.1) is 10.6 Å². The number of sulfonamides is 1. The smallest absolute Gasteiger partial charge is 0.271 e. The number of carbonyl (C=O) groups is 1. The lowest BCUT2D eigenvalue weighted by atomic mass is 10.3. The molecule has 0 heterocycles. The monoisotopic (exact) mass is 390 g/mol. The van der Waals surface area contributed by atoms with Crippen molar-refractivity contribution in [2.45, 2.75) is 18.7 Å². The van der Waals surface area contributed by atoms with E-state index in [1.54, 1.807) is 32.0 Å². The van der Waals surface area contributed by atoms with Crippen molar-refractivity contribution in [3.63, 3.8) is 0 Å². The average Bonchev–Trinajstić information content (AvgIpc) is 2.65. The Morgan fingerprint density at radius 2 is 1.70 bits per heavy atom. The number of amides is 1. The molecule has 9 nitrogen and oxygen atoms in total. The number of benzene rings is 2. The first kappa shape index (κ1) is 20.0. The van der Waals surface area contributed by atoms with Crippen LogP contribution in [0.4, 0.5) is 11.4 Å². The highest BCUT2D eigenvalue weighted by Gasteiger charge is 2.32. The van der Waals surface area contributed by atoms with Gasteiger partial charge in [-0.15, -0.1) is 0 Å². The van der Waals surface area contributed by atoms with Gasteiger partial charge in [0.2, 0.25) is 0 Å². The lowest BCUT2D eigenvalue weighted by Gasteiger charge is -2.23. The first-order valence-corrected chi connectivity index (χ1v) is 9.28. The predicted octanol–water partition coefficient (Wildman–Crippen LogP) is 2.30. The zero-order chi connectivity index (χ0) is 20.0. The fourth-order valence-electron chi connectivity index (χ4n) is 2.19. The standard InChI is InChI=1S/C17H18N4O5S/c1-13(2)18-19-17(22)12-20(14-8-4-3-5-9-14)27(25,26)16-11-7-6-10-15(16)21(23)24/h3-11H,12H2,1-2H3,(H,19,22). The summed E-state index contributed by atoms with van der Waals surface area (Å²) in [6, 6.07) is 12.9. The van der Waals surface area contributed by atoms with Crippen molar-refractivity contribution < 1.29 is 18.1 Å². The van der Waals surface area contributed by atoms with Gasteiger partial charge >= 0.3 is 0 Å². The molecule has 142 valence electrons. The van der Waals surface area contributed by atoms with Crippen LogP contribution in [0.15, 0.2) is 64.6 Å². The molecule has 0 saturated carbocycles. The number of carbonyl (C=O) groups excluding carboxylic acids is 1. The third-order valence-corrected chi connectivity index (χ3v) is 5.19. The molecule has 0 unspecified atom stereocenters. The molecule has 0 bridgehead atoms. The van der Waals surface area contributed by atoms with Crippen LogP contribution in [0.3, 0.4) is 0 Å². The maximum atomic E-state index is 13.1. The van der Waals surface area contributed by atoms with Gasteiger partial charge in [0.25, 0.3) is 21.6 Å². The highest BCUT2D eigenvalue weighted by Crippen LogP contribution is 2.29. The van der Waals surface area contributed by atoms with E-state index in [2.05, 4.69) is 10.5 Å². The minimum absolute atomic E-state index is 0.197. The van der Waals surface area contributed by atoms with Gasteiger partial charge in [-0.25, -0.2) is 13.8 Å². The van der Waals surface area contributed by atoms with Crippen molar-refractivity contribution in [1.82, 2.24) is 5.43 Å². The SMILES string of the molecule is CC(C)=NNC(=O)CN(c1ccccc1)S(=O)(=O)c1ccccc1[N+](=O)[O-]. The molecule has 0 aliphatic heterocycles. The fourth-order valence-corrected chi connectivity index (χ4v) is 3.78. The molecular weight excluding hydrogens is 372 g/mol. The Hall–Kier alpha value is -3.27. The van der Waals surface area contributed by atoms with Gasteiger partial charge in [-0.1, -0.05) is 30.3 Å². The number of nitro groups is 1. The van der Waals surface area contributed by atoms with Crippen LogP contribution in [0.2, 0.25) is 0 Å². The Morgan fingerprint density at radius 1 is 1.11 bits per heavy atom. The molecule has 0 spiro atoms. The summed E-state index contributed by atoms with van der Waals surface area (Å²) in [5.74, 6) is -0.679. The molecular formula is C17H18N4O5S. The third kappa shape index (κ3) is 4.88. The van der Waals surface area contributed by atoms with E-state index in [9.17, 15) is 23.3 Å². The van der Waals surface area contributed by atoms with E-state index in [0.29, 0.717) is 5.71 Å². The first-order valence-electron chi connectivity index (χ1n) is 7.84. The van der Waals surface area contributed by atoms with Crippen LogP contribution in [0.5, 0.6) is 0 Å². The molecule has 0 aliphatic rings. The largest absolute Gasteiger partial charge is 0.289 e. The van der Waals surface area contributed by atoms with Crippen LogP contribution in [0, 0.1) is 10.1 Å². The van der Waals surface area contributed by atoms with E-state index >= 15 is 0 Å². The van der Waals surface area contributed by atoms with Gasteiger partial charge in [-0.2, -0.15) is 5.10 Å². The van der Waals surface area contributed by atoms with Gasteiger partial charge in [0.1, 0.15) is 6.54 Å².